The number of benzene rings is 1. The summed E-state index contributed by atoms with van der Waals surface area (Å²) in [6, 6.07) is 7.99. The van der Waals surface area contributed by atoms with Crippen LogP contribution in [0.5, 0.6) is 5.75 Å². The van der Waals surface area contributed by atoms with Crippen molar-refractivity contribution < 1.29 is 4.74 Å². The number of hydrogen-bond donors (Lipinski definition) is 1. The van der Waals surface area contributed by atoms with Gasteiger partial charge in [0.25, 0.3) is 0 Å². The van der Waals surface area contributed by atoms with Gasteiger partial charge in [0.1, 0.15) is 11.9 Å². The summed E-state index contributed by atoms with van der Waals surface area (Å²) in [7, 11) is 1.90. The Morgan fingerprint density at radius 3 is 3.00 bits per heavy atom. The highest BCUT2D eigenvalue weighted by atomic mass is 16.5. The molecule has 2 aromatic rings. The summed E-state index contributed by atoms with van der Waals surface area (Å²) in [6.45, 7) is 0. The van der Waals surface area contributed by atoms with Gasteiger partial charge < -0.3 is 10.5 Å². The van der Waals surface area contributed by atoms with Crippen LogP contribution in [0.4, 0.5) is 0 Å². The lowest BCUT2D eigenvalue weighted by Gasteiger charge is -2.29. The fourth-order valence-corrected chi connectivity index (χ4v) is 2.26. The molecule has 1 aromatic heterocycles. The van der Waals surface area contributed by atoms with E-state index in [1.54, 1.807) is 4.68 Å². The van der Waals surface area contributed by atoms with E-state index in [2.05, 4.69) is 5.10 Å². The van der Waals surface area contributed by atoms with Crippen LogP contribution in [0.2, 0.25) is 0 Å². The highest BCUT2D eigenvalue weighted by Crippen LogP contribution is 2.39. The van der Waals surface area contributed by atoms with E-state index in [4.69, 9.17) is 10.5 Å². The normalized spacial score (nSPS) is 22.9. The standard InChI is InChI=1S/C13H15N3O/c1-16-8-9(7-15-16)13-6-11(14)10-4-2-3-5-12(10)17-13/h2-5,7-8,11,13H,6,14H2,1H3/t11-,13?/m1/s1. The molecule has 4 nitrogen and oxygen atoms in total. The molecule has 0 radical (unpaired) electrons. The van der Waals surface area contributed by atoms with Crippen LogP contribution in [-0.4, -0.2) is 9.78 Å². The Hall–Kier alpha value is -1.81. The molecule has 2 atom stereocenters. The predicted octanol–water partition coefficient (Wildman–Crippen LogP) is 1.94. The maximum absolute atomic E-state index is 6.17. The van der Waals surface area contributed by atoms with E-state index in [1.165, 1.54) is 0 Å². The number of hydrogen-bond acceptors (Lipinski definition) is 3. The van der Waals surface area contributed by atoms with Gasteiger partial charge in [-0.25, -0.2) is 0 Å². The molecular weight excluding hydrogens is 214 g/mol. The van der Waals surface area contributed by atoms with Crippen molar-refractivity contribution in [2.45, 2.75) is 18.6 Å². The summed E-state index contributed by atoms with van der Waals surface area (Å²) in [5.74, 6) is 0.889. The Bertz CT molecular complexity index is 535. The van der Waals surface area contributed by atoms with E-state index in [1.807, 2.05) is 43.7 Å². The average molecular weight is 229 g/mol. The highest BCUT2D eigenvalue weighted by molar-refractivity contribution is 5.38. The molecule has 3 rings (SSSR count). The third kappa shape index (κ3) is 1.80. The Morgan fingerprint density at radius 1 is 1.41 bits per heavy atom. The van der Waals surface area contributed by atoms with Gasteiger partial charge in [-0.3, -0.25) is 4.68 Å². The molecule has 0 spiro atoms. The minimum Gasteiger partial charge on any atom is -0.485 e. The first-order valence-corrected chi connectivity index (χ1v) is 5.74. The van der Waals surface area contributed by atoms with E-state index in [9.17, 15) is 0 Å². The third-order valence-corrected chi connectivity index (χ3v) is 3.15. The molecule has 17 heavy (non-hydrogen) atoms. The molecule has 1 aromatic carbocycles. The molecule has 88 valence electrons. The van der Waals surface area contributed by atoms with Gasteiger partial charge in [0.2, 0.25) is 0 Å². The van der Waals surface area contributed by atoms with Crippen molar-refractivity contribution in [3.8, 4) is 5.75 Å². The van der Waals surface area contributed by atoms with Crippen molar-refractivity contribution >= 4 is 0 Å². The summed E-state index contributed by atoms with van der Waals surface area (Å²) in [5.41, 5.74) is 8.35. The first kappa shape index (κ1) is 10.4. The first-order valence-electron chi connectivity index (χ1n) is 5.74. The number of ether oxygens (including phenoxy) is 1. The highest BCUT2D eigenvalue weighted by Gasteiger charge is 2.27. The van der Waals surface area contributed by atoms with Crippen LogP contribution in [-0.2, 0) is 7.05 Å². The summed E-state index contributed by atoms with van der Waals surface area (Å²) < 4.78 is 7.75. The summed E-state index contributed by atoms with van der Waals surface area (Å²) in [5, 5.41) is 4.17. The van der Waals surface area contributed by atoms with Crippen LogP contribution < -0.4 is 10.5 Å². The van der Waals surface area contributed by atoms with E-state index < -0.39 is 0 Å². The van der Waals surface area contributed by atoms with Crippen molar-refractivity contribution in [1.82, 2.24) is 9.78 Å². The molecule has 1 unspecified atom stereocenters. The van der Waals surface area contributed by atoms with Crippen LogP contribution in [0.1, 0.15) is 29.7 Å². The van der Waals surface area contributed by atoms with Gasteiger partial charge in [-0.15, -0.1) is 0 Å². The molecule has 0 saturated heterocycles. The lowest BCUT2D eigenvalue weighted by Crippen LogP contribution is -2.23. The second-order valence-corrected chi connectivity index (χ2v) is 4.43. The molecular formula is C13H15N3O. The molecule has 0 bridgehead atoms. The van der Waals surface area contributed by atoms with Crippen LogP contribution >= 0.6 is 0 Å². The lowest BCUT2D eigenvalue weighted by molar-refractivity contribution is 0.161. The molecule has 2 heterocycles. The zero-order valence-electron chi connectivity index (χ0n) is 9.71. The number of nitrogens with two attached hydrogens (primary N) is 1. The summed E-state index contributed by atoms with van der Waals surface area (Å²) >= 11 is 0. The topological polar surface area (TPSA) is 53.1 Å². The van der Waals surface area contributed by atoms with Crippen LogP contribution in [0.3, 0.4) is 0 Å². The van der Waals surface area contributed by atoms with E-state index in [0.717, 1.165) is 23.3 Å². The quantitative estimate of drug-likeness (QED) is 0.813. The fourth-order valence-electron chi connectivity index (χ4n) is 2.26. The van der Waals surface area contributed by atoms with Gasteiger partial charge in [-0.05, 0) is 6.07 Å². The van der Waals surface area contributed by atoms with E-state index >= 15 is 0 Å². The molecule has 0 amide bonds. The number of rotatable bonds is 1. The third-order valence-electron chi connectivity index (χ3n) is 3.15. The molecule has 1 aliphatic rings. The van der Waals surface area contributed by atoms with E-state index in [0.29, 0.717) is 0 Å². The summed E-state index contributed by atoms with van der Waals surface area (Å²) in [6.07, 6.45) is 4.62. The Balaban J connectivity index is 1.93. The van der Waals surface area contributed by atoms with Crippen molar-refractivity contribution in [2.24, 2.45) is 12.8 Å². The van der Waals surface area contributed by atoms with Crippen molar-refractivity contribution in [1.29, 1.82) is 0 Å². The lowest BCUT2D eigenvalue weighted by atomic mass is 9.95. The van der Waals surface area contributed by atoms with Gasteiger partial charge in [-0.1, -0.05) is 18.2 Å². The van der Waals surface area contributed by atoms with Crippen molar-refractivity contribution in [2.75, 3.05) is 0 Å². The van der Waals surface area contributed by atoms with Gasteiger partial charge in [-0.2, -0.15) is 5.10 Å². The number of nitrogens with zero attached hydrogens (tertiary/aromatic N) is 2. The van der Waals surface area contributed by atoms with Crippen LogP contribution in [0.15, 0.2) is 36.7 Å². The average Bonchev–Trinajstić information content (AvgIpc) is 2.76. The smallest absolute Gasteiger partial charge is 0.129 e. The monoisotopic (exact) mass is 229 g/mol. The largest absolute Gasteiger partial charge is 0.485 e. The minimum atomic E-state index is 0.00796. The molecule has 4 heteroatoms. The molecule has 0 aliphatic carbocycles. The number of aryl methyl sites for hydroxylation is 1. The van der Waals surface area contributed by atoms with Crippen LogP contribution in [0, 0.1) is 0 Å². The Kier molecular flexibility index (Phi) is 2.37. The summed E-state index contributed by atoms with van der Waals surface area (Å²) in [4.78, 5) is 0. The maximum atomic E-state index is 6.17. The molecule has 0 fully saturated rings. The number of fused-ring (bicyclic) bond motifs is 1. The SMILES string of the molecule is Cn1cc(C2C[C@@H](N)c3ccccc3O2)cn1. The first-order chi connectivity index (χ1) is 8.24. The maximum Gasteiger partial charge on any atom is 0.129 e. The zero-order valence-corrected chi connectivity index (χ0v) is 9.71. The minimum absolute atomic E-state index is 0.00796. The molecule has 0 saturated carbocycles. The molecule has 1 aliphatic heterocycles. The van der Waals surface area contributed by atoms with Crippen molar-refractivity contribution in [3.63, 3.8) is 0 Å². The zero-order chi connectivity index (χ0) is 11.8. The van der Waals surface area contributed by atoms with Gasteiger partial charge in [0, 0.05) is 36.8 Å². The Labute approximate surface area is 100 Å². The Morgan fingerprint density at radius 2 is 2.24 bits per heavy atom. The second-order valence-electron chi connectivity index (χ2n) is 4.43. The van der Waals surface area contributed by atoms with Crippen LogP contribution in [0.25, 0.3) is 0 Å². The van der Waals surface area contributed by atoms with E-state index in [-0.39, 0.29) is 12.1 Å². The van der Waals surface area contributed by atoms with Gasteiger partial charge in [0.05, 0.1) is 6.20 Å². The van der Waals surface area contributed by atoms with Crippen molar-refractivity contribution in [3.05, 3.63) is 47.8 Å². The predicted molar refractivity (Wildman–Crippen MR) is 64.6 cm³/mol. The number of aromatic nitrogens is 2. The fraction of sp³-hybridized carbons (Fsp3) is 0.308. The molecule has 2 N–H and O–H groups in total. The van der Waals surface area contributed by atoms with Gasteiger partial charge >= 0.3 is 0 Å². The number of para-hydroxylation sites is 1. The second kappa shape index (κ2) is 3.89. The van der Waals surface area contributed by atoms with Gasteiger partial charge in [0.15, 0.2) is 0 Å².